The van der Waals surface area contributed by atoms with Gasteiger partial charge in [-0.15, -0.1) is 0 Å². The zero-order chi connectivity index (χ0) is 34.8. The molecule has 9 aliphatic carbocycles. The molecule has 0 aliphatic heterocycles. The summed E-state index contributed by atoms with van der Waals surface area (Å²) in [4.78, 5) is 50.8. The molecule has 9 rings (SSSR count). The molecule has 0 aromatic rings. The summed E-state index contributed by atoms with van der Waals surface area (Å²) in [6.07, 6.45) is 19.0. The first-order valence-corrected chi connectivity index (χ1v) is 19.1. The summed E-state index contributed by atoms with van der Waals surface area (Å²) in [5, 5.41) is 11.2. The van der Waals surface area contributed by atoms with E-state index in [2.05, 4.69) is 26.8 Å². The van der Waals surface area contributed by atoms with Crippen molar-refractivity contribution in [1.82, 2.24) is 0 Å². The highest BCUT2D eigenvalue weighted by Crippen LogP contribution is 2.71. The molecule has 0 unspecified atom stereocenters. The average molecular weight is 666 g/mol. The Hall–Kier alpha value is -2.34. The van der Waals surface area contributed by atoms with Gasteiger partial charge in [0, 0.05) is 16.8 Å². The predicted octanol–water partition coefficient (Wildman–Crippen LogP) is 8.11. The van der Waals surface area contributed by atoms with Crippen molar-refractivity contribution in [2.24, 2.45) is 81.8 Å². The van der Waals surface area contributed by atoms with Crippen LogP contribution >= 0.6 is 0 Å². The number of Topliss-reactive ketones (excluding diaryl/α,β-unsaturated/α-hetero) is 1. The van der Waals surface area contributed by atoms with Gasteiger partial charge in [0.25, 0.3) is 0 Å². The minimum Gasteiger partial charge on any atom is -0.460 e. The number of nitro groups is 1. The normalized spacial score (nSPS) is 43.7. The Labute approximate surface area is 287 Å². The Morgan fingerprint density at radius 1 is 0.792 bits per heavy atom. The minimum atomic E-state index is -0.524. The van der Waals surface area contributed by atoms with Gasteiger partial charge in [-0.05, 0) is 156 Å². The zero-order valence-corrected chi connectivity index (χ0v) is 30.2. The summed E-state index contributed by atoms with van der Waals surface area (Å²) in [6, 6.07) is 0. The van der Waals surface area contributed by atoms with Gasteiger partial charge >= 0.3 is 12.1 Å². The lowest BCUT2D eigenvalue weighted by atomic mass is 9.45. The molecule has 9 aliphatic rings. The summed E-state index contributed by atoms with van der Waals surface area (Å²) in [6.45, 7) is 12.5. The summed E-state index contributed by atoms with van der Waals surface area (Å²) in [7, 11) is 0. The molecule has 0 amide bonds. The van der Waals surface area contributed by atoms with E-state index in [9.17, 15) is 19.7 Å². The van der Waals surface area contributed by atoms with Crippen LogP contribution in [0.3, 0.4) is 0 Å². The van der Waals surface area contributed by atoms with Crippen LogP contribution in [-0.2, 0) is 23.9 Å². The maximum Gasteiger partial charge on any atom is 0.373 e. The Morgan fingerprint density at radius 3 is 1.94 bits per heavy atom. The van der Waals surface area contributed by atoms with Crippen LogP contribution < -0.4 is 0 Å². The standard InChI is InChI=1S/C16H25NO4.C14H22.C9H12O.CO2/c1-15(2,3)21-14(18)8-16(9-17(19)20)12-5-4-10-6-11(12)13(16)7-10;1-14(2,3)8-13-10-5-4-9-6-11(10)12(13)7-9;10-9-6-2-1-5-3-7(6)8(9)4-5;2-1-3/h10-13H,4-9H2,1-3H3;8-12H,4-7H2,1-3H3;5-8H,1-4H2;/t10-,11-,12+,13-,16-;9-,10+,11-,12-;5-,6+,7-,8-;/m111./s1. The van der Waals surface area contributed by atoms with Gasteiger partial charge in [-0.3, -0.25) is 19.7 Å². The van der Waals surface area contributed by atoms with E-state index in [1.807, 2.05) is 26.3 Å². The van der Waals surface area contributed by atoms with Crippen LogP contribution in [0.4, 0.5) is 0 Å². The van der Waals surface area contributed by atoms with Gasteiger partial charge in [0.1, 0.15) is 11.4 Å². The third-order valence-corrected chi connectivity index (χ3v) is 14.3. The molecule has 0 saturated heterocycles. The molecule has 0 N–H and O–H groups in total. The molecule has 9 saturated carbocycles. The quantitative estimate of drug-likeness (QED) is 0.129. The lowest BCUT2D eigenvalue weighted by Crippen LogP contribution is -2.59. The smallest absolute Gasteiger partial charge is 0.373 e. The van der Waals surface area contributed by atoms with E-state index < -0.39 is 11.0 Å². The molecular weight excluding hydrogens is 606 g/mol. The molecule has 48 heavy (non-hydrogen) atoms. The first-order chi connectivity index (χ1) is 22.5. The molecule has 266 valence electrons. The number of ketones is 1. The maximum absolute atomic E-state index is 12.3. The van der Waals surface area contributed by atoms with E-state index in [1.54, 1.807) is 6.42 Å². The number of fused-ring (bicyclic) bond motifs is 3. The van der Waals surface area contributed by atoms with Crippen molar-refractivity contribution in [3.63, 3.8) is 0 Å². The number of hydrogen-bond donors (Lipinski definition) is 0. The maximum atomic E-state index is 12.3. The molecule has 0 spiro atoms. The molecule has 6 bridgehead atoms. The zero-order valence-electron chi connectivity index (χ0n) is 30.2. The fourth-order valence-corrected chi connectivity index (χ4v) is 12.9. The van der Waals surface area contributed by atoms with Crippen LogP contribution in [-0.4, -0.2) is 35.0 Å². The average Bonchev–Trinajstić information content (AvgIpc) is 3.35. The number of ether oxygens (including phenoxy) is 1. The van der Waals surface area contributed by atoms with Gasteiger partial charge < -0.3 is 4.74 Å². The second kappa shape index (κ2) is 13.1. The summed E-state index contributed by atoms with van der Waals surface area (Å²) >= 11 is 0. The Balaban J connectivity index is 0.000000127. The van der Waals surface area contributed by atoms with Crippen LogP contribution in [0.5, 0.6) is 0 Å². The van der Waals surface area contributed by atoms with Crippen LogP contribution in [0.15, 0.2) is 11.6 Å². The van der Waals surface area contributed by atoms with Gasteiger partial charge in [-0.25, -0.2) is 0 Å². The number of nitrogens with zero attached hydrogens (tertiary/aromatic N) is 1. The Morgan fingerprint density at radius 2 is 1.33 bits per heavy atom. The number of hydrogen-bond acceptors (Lipinski definition) is 7. The minimum absolute atomic E-state index is 0.0647. The number of allylic oxidation sites excluding steroid dienone is 2. The molecule has 0 aromatic carbocycles. The van der Waals surface area contributed by atoms with E-state index in [-0.39, 0.29) is 30.0 Å². The highest BCUT2D eigenvalue weighted by molar-refractivity contribution is 5.91. The number of esters is 1. The lowest BCUT2D eigenvalue weighted by molar-refractivity contribution is -0.512. The van der Waals surface area contributed by atoms with E-state index in [0.717, 1.165) is 54.3 Å². The first-order valence-electron chi connectivity index (χ1n) is 19.1. The van der Waals surface area contributed by atoms with Crippen LogP contribution in [0.2, 0.25) is 0 Å². The fraction of sp³-hybridized carbons (Fsp3) is 0.875. The number of carbonyl (C=O) groups excluding carboxylic acids is 4. The van der Waals surface area contributed by atoms with Crippen LogP contribution in [0.25, 0.3) is 0 Å². The van der Waals surface area contributed by atoms with E-state index in [0.29, 0.717) is 40.8 Å². The van der Waals surface area contributed by atoms with Crippen LogP contribution in [0, 0.1) is 92.0 Å². The molecule has 8 heteroatoms. The summed E-state index contributed by atoms with van der Waals surface area (Å²) in [5.74, 6) is 9.56. The predicted molar refractivity (Wildman–Crippen MR) is 180 cm³/mol. The molecule has 8 nitrogen and oxygen atoms in total. The van der Waals surface area contributed by atoms with Crippen molar-refractivity contribution in [1.29, 1.82) is 0 Å². The lowest BCUT2D eigenvalue weighted by Gasteiger charge is -2.57. The van der Waals surface area contributed by atoms with Crippen molar-refractivity contribution in [3.8, 4) is 0 Å². The van der Waals surface area contributed by atoms with Crippen molar-refractivity contribution >= 4 is 17.9 Å². The van der Waals surface area contributed by atoms with Gasteiger partial charge in [0.2, 0.25) is 6.54 Å². The van der Waals surface area contributed by atoms with Crippen molar-refractivity contribution in [3.05, 3.63) is 21.8 Å². The second-order valence-electron chi connectivity index (χ2n) is 19.4. The highest BCUT2D eigenvalue weighted by atomic mass is 16.6. The molecular formula is C40H59NO7. The molecule has 13 atom stereocenters. The van der Waals surface area contributed by atoms with Gasteiger partial charge in [0.15, 0.2) is 0 Å². The second-order valence-corrected chi connectivity index (χ2v) is 19.4. The van der Waals surface area contributed by atoms with Gasteiger partial charge in [-0.2, -0.15) is 9.59 Å². The molecule has 9 fully saturated rings. The van der Waals surface area contributed by atoms with Gasteiger partial charge in [0.05, 0.1) is 11.8 Å². The van der Waals surface area contributed by atoms with Crippen molar-refractivity contribution < 1.29 is 28.8 Å². The monoisotopic (exact) mass is 665 g/mol. The molecule has 0 radical (unpaired) electrons. The van der Waals surface area contributed by atoms with E-state index >= 15 is 0 Å². The van der Waals surface area contributed by atoms with Gasteiger partial charge in [-0.1, -0.05) is 38.8 Å². The van der Waals surface area contributed by atoms with E-state index in [4.69, 9.17) is 14.3 Å². The highest BCUT2D eigenvalue weighted by Gasteiger charge is 2.69. The van der Waals surface area contributed by atoms with Crippen LogP contribution in [0.1, 0.15) is 125 Å². The van der Waals surface area contributed by atoms with E-state index in [1.165, 1.54) is 57.8 Å². The van der Waals surface area contributed by atoms with Crippen molar-refractivity contribution in [2.45, 2.75) is 131 Å². The fourth-order valence-electron chi connectivity index (χ4n) is 12.9. The third-order valence-electron chi connectivity index (χ3n) is 14.3. The Bertz CT molecular complexity index is 1310. The summed E-state index contributed by atoms with van der Waals surface area (Å²) < 4.78 is 5.44. The third kappa shape index (κ3) is 6.73. The largest absolute Gasteiger partial charge is 0.460 e. The van der Waals surface area contributed by atoms with Crippen molar-refractivity contribution in [2.75, 3.05) is 6.54 Å². The first kappa shape index (κ1) is 35.5. The summed E-state index contributed by atoms with van der Waals surface area (Å²) in [5.41, 5.74) is 1.30. The molecule has 0 heterocycles. The SMILES string of the molecule is CC(C)(C)C=C1[C@H]2CC[C@@H]3C[C@H]2[C@H]1C3.CC(C)(C)OC(=O)C[C@]1(C[N+](=O)[O-])[C@@H]2C[C@@H]3CC[C@H]1[C@H]2C3.O=C1[C@H]2CC[C@@H]3C[C@H]2[C@H]1C3.O=C=O. The number of carbonyl (C=O) groups is 2. The number of rotatable bonds is 4. The topological polar surface area (TPSA) is 121 Å². The Kier molecular flexibility index (Phi) is 9.67. The molecule has 0 aromatic heterocycles.